The lowest BCUT2D eigenvalue weighted by molar-refractivity contribution is -0.139. The highest BCUT2D eigenvalue weighted by atomic mass is 16.6. The third kappa shape index (κ3) is 5.72. The summed E-state index contributed by atoms with van der Waals surface area (Å²) in [6, 6.07) is 9.71. The summed E-state index contributed by atoms with van der Waals surface area (Å²) >= 11 is 0. The summed E-state index contributed by atoms with van der Waals surface area (Å²) in [6.07, 6.45) is 13.4. The first-order chi connectivity index (χ1) is 15.2. The lowest BCUT2D eigenvalue weighted by Gasteiger charge is -2.19. The summed E-state index contributed by atoms with van der Waals surface area (Å²) in [7, 11) is 0. The Morgan fingerprint density at radius 1 is 1.16 bits per heavy atom. The van der Waals surface area contributed by atoms with Crippen LogP contribution in [0.2, 0.25) is 0 Å². The second-order valence-corrected chi connectivity index (χ2v) is 8.22. The normalized spacial score (nSPS) is 16.5. The van der Waals surface area contributed by atoms with Gasteiger partial charge < -0.3 is 14.7 Å². The standard InChI is InChI=1S/C25H28N2O4/c28-25(29)17-30-24-9-3-7-20-13-19(10-11-22(20)24)16-31-27-23(14-18-5-1-2-6-18)21-8-4-12-26-15-21/h3-4,7-9,12-13,15,18H,1-2,5-6,10-11,14,16-17H2,(H,28,29). The number of ether oxygens (including phenoxy) is 1. The van der Waals surface area contributed by atoms with Crippen LogP contribution in [-0.4, -0.2) is 35.0 Å². The lowest BCUT2D eigenvalue weighted by Crippen LogP contribution is -2.12. The van der Waals surface area contributed by atoms with Gasteiger partial charge in [0.1, 0.15) is 12.4 Å². The molecule has 0 bridgehead atoms. The molecule has 0 saturated heterocycles. The summed E-state index contributed by atoms with van der Waals surface area (Å²) < 4.78 is 5.44. The van der Waals surface area contributed by atoms with Crippen molar-refractivity contribution in [2.75, 3.05) is 13.2 Å². The van der Waals surface area contributed by atoms with Crippen molar-refractivity contribution >= 4 is 17.8 Å². The number of oxime groups is 1. The Kier molecular flexibility index (Phi) is 6.97. The number of aromatic nitrogens is 1. The van der Waals surface area contributed by atoms with E-state index in [0.717, 1.165) is 47.2 Å². The van der Waals surface area contributed by atoms with Crippen LogP contribution in [0, 0.1) is 5.92 Å². The van der Waals surface area contributed by atoms with Crippen molar-refractivity contribution in [3.05, 3.63) is 65.0 Å². The largest absolute Gasteiger partial charge is 0.482 e. The van der Waals surface area contributed by atoms with Gasteiger partial charge in [0.2, 0.25) is 0 Å². The Morgan fingerprint density at radius 2 is 2.03 bits per heavy atom. The molecule has 0 atom stereocenters. The average Bonchev–Trinajstić information content (AvgIpc) is 3.30. The monoisotopic (exact) mass is 420 g/mol. The van der Waals surface area contributed by atoms with Crippen LogP contribution in [0.25, 0.3) is 6.08 Å². The van der Waals surface area contributed by atoms with Gasteiger partial charge in [-0.15, -0.1) is 0 Å². The minimum Gasteiger partial charge on any atom is -0.482 e. The Hall–Kier alpha value is -3.15. The summed E-state index contributed by atoms with van der Waals surface area (Å²) in [5.41, 5.74) is 5.26. The van der Waals surface area contributed by atoms with E-state index >= 15 is 0 Å². The van der Waals surface area contributed by atoms with Crippen LogP contribution in [0.1, 0.15) is 55.2 Å². The number of hydrogen-bond donors (Lipinski definition) is 1. The number of fused-ring (bicyclic) bond motifs is 1. The number of rotatable bonds is 9. The molecule has 2 aliphatic carbocycles. The average molecular weight is 421 g/mol. The molecule has 31 heavy (non-hydrogen) atoms. The van der Waals surface area contributed by atoms with Gasteiger partial charge >= 0.3 is 5.97 Å². The summed E-state index contributed by atoms with van der Waals surface area (Å²) in [5, 5.41) is 13.4. The van der Waals surface area contributed by atoms with Gasteiger partial charge in [-0.2, -0.15) is 0 Å². The highest BCUT2D eigenvalue weighted by Crippen LogP contribution is 2.32. The van der Waals surface area contributed by atoms with Crippen molar-refractivity contribution in [3.63, 3.8) is 0 Å². The molecular formula is C25H28N2O4. The van der Waals surface area contributed by atoms with Crippen LogP contribution in [-0.2, 0) is 16.1 Å². The smallest absolute Gasteiger partial charge is 0.341 e. The van der Waals surface area contributed by atoms with Crippen LogP contribution >= 0.6 is 0 Å². The highest BCUT2D eigenvalue weighted by Gasteiger charge is 2.19. The predicted molar refractivity (Wildman–Crippen MR) is 119 cm³/mol. The molecule has 6 heteroatoms. The quantitative estimate of drug-likeness (QED) is 0.462. The van der Waals surface area contributed by atoms with Crippen molar-refractivity contribution in [1.29, 1.82) is 0 Å². The van der Waals surface area contributed by atoms with Gasteiger partial charge in [-0.3, -0.25) is 4.98 Å². The number of carboxylic acid groups (broad SMARTS) is 1. The van der Waals surface area contributed by atoms with Crippen LogP contribution in [0.4, 0.5) is 0 Å². The van der Waals surface area contributed by atoms with Gasteiger partial charge in [0.25, 0.3) is 0 Å². The van der Waals surface area contributed by atoms with E-state index in [1.807, 2.05) is 36.5 Å². The van der Waals surface area contributed by atoms with Gasteiger partial charge in [0.15, 0.2) is 6.61 Å². The Labute approximate surface area is 182 Å². The van der Waals surface area contributed by atoms with E-state index in [4.69, 9.17) is 14.7 Å². The summed E-state index contributed by atoms with van der Waals surface area (Å²) in [5.74, 6) is 0.343. The van der Waals surface area contributed by atoms with E-state index in [1.54, 1.807) is 6.20 Å². The van der Waals surface area contributed by atoms with Crippen LogP contribution in [0.5, 0.6) is 5.75 Å². The van der Waals surface area contributed by atoms with Gasteiger partial charge in [-0.05, 0) is 54.5 Å². The Balaban J connectivity index is 1.43. The van der Waals surface area contributed by atoms with E-state index in [1.165, 1.54) is 25.7 Å². The first-order valence-electron chi connectivity index (χ1n) is 10.9. The number of benzene rings is 1. The summed E-state index contributed by atoms with van der Waals surface area (Å²) in [6.45, 7) is 0.108. The SMILES string of the molecule is O=C(O)COc1cccc2c1CCC(CON=C(CC1CCCC1)c1cccnc1)=C2. The number of aliphatic carboxylic acids is 1. The van der Waals surface area contributed by atoms with Crippen molar-refractivity contribution in [3.8, 4) is 5.75 Å². The molecule has 1 heterocycles. The fourth-order valence-corrected chi connectivity index (χ4v) is 4.37. The molecule has 162 valence electrons. The van der Waals surface area contributed by atoms with Crippen molar-refractivity contribution in [1.82, 2.24) is 4.98 Å². The second kappa shape index (κ2) is 10.2. The minimum absolute atomic E-state index is 0.330. The zero-order valence-electron chi connectivity index (χ0n) is 17.6. The number of carbonyl (C=O) groups is 1. The molecule has 0 radical (unpaired) electrons. The zero-order valence-corrected chi connectivity index (χ0v) is 17.6. The highest BCUT2D eigenvalue weighted by molar-refractivity contribution is 6.00. The fraction of sp³-hybridized carbons (Fsp3) is 0.400. The maximum absolute atomic E-state index is 10.8. The second-order valence-electron chi connectivity index (χ2n) is 8.22. The van der Waals surface area contributed by atoms with Crippen molar-refractivity contribution in [2.45, 2.75) is 44.9 Å². The molecule has 0 amide bonds. The molecule has 0 spiro atoms. The molecule has 1 fully saturated rings. The van der Waals surface area contributed by atoms with Crippen molar-refractivity contribution in [2.24, 2.45) is 11.1 Å². The van der Waals surface area contributed by atoms with Crippen LogP contribution in [0.15, 0.2) is 53.5 Å². The third-order valence-corrected chi connectivity index (χ3v) is 5.95. The van der Waals surface area contributed by atoms with Crippen molar-refractivity contribution < 1.29 is 19.5 Å². The van der Waals surface area contributed by atoms with E-state index < -0.39 is 5.97 Å². The molecule has 1 saturated carbocycles. The fourth-order valence-electron chi connectivity index (χ4n) is 4.37. The third-order valence-electron chi connectivity index (χ3n) is 5.95. The molecule has 1 aromatic carbocycles. The topological polar surface area (TPSA) is 81.0 Å². The molecule has 0 unspecified atom stereocenters. The maximum atomic E-state index is 10.8. The van der Waals surface area contributed by atoms with E-state index in [0.29, 0.717) is 18.3 Å². The number of pyridine rings is 1. The van der Waals surface area contributed by atoms with Crippen LogP contribution in [0.3, 0.4) is 0 Å². The van der Waals surface area contributed by atoms with E-state index in [9.17, 15) is 4.79 Å². The zero-order chi connectivity index (χ0) is 21.5. The van der Waals surface area contributed by atoms with Crippen LogP contribution < -0.4 is 4.74 Å². The number of carboxylic acids is 1. The first-order valence-corrected chi connectivity index (χ1v) is 10.9. The molecule has 2 aromatic rings. The molecule has 4 rings (SSSR count). The molecule has 6 nitrogen and oxygen atoms in total. The van der Waals surface area contributed by atoms with Gasteiger partial charge in [-0.1, -0.05) is 49.0 Å². The Bertz CT molecular complexity index is 963. The van der Waals surface area contributed by atoms with Gasteiger partial charge in [0, 0.05) is 23.5 Å². The predicted octanol–water partition coefficient (Wildman–Crippen LogP) is 4.88. The molecule has 2 aliphatic rings. The minimum atomic E-state index is -0.974. The maximum Gasteiger partial charge on any atom is 0.341 e. The Morgan fingerprint density at radius 3 is 2.81 bits per heavy atom. The number of hydrogen-bond acceptors (Lipinski definition) is 5. The molecule has 1 aromatic heterocycles. The number of nitrogens with zero attached hydrogens (tertiary/aromatic N) is 2. The molecule has 1 N–H and O–H groups in total. The van der Waals surface area contributed by atoms with E-state index in [2.05, 4.69) is 16.2 Å². The summed E-state index contributed by atoms with van der Waals surface area (Å²) in [4.78, 5) is 20.9. The van der Waals surface area contributed by atoms with Gasteiger partial charge in [0.05, 0.1) is 5.71 Å². The lowest BCUT2D eigenvalue weighted by atomic mass is 9.92. The molecular weight excluding hydrogens is 392 g/mol. The molecule has 0 aliphatic heterocycles. The first kappa shape index (κ1) is 21.1. The van der Waals surface area contributed by atoms with E-state index in [-0.39, 0.29) is 6.61 Å². The van der Waals surface area contributed by atoms with Gasteiger partial charge in [-0.25, -0.2) is 4.79 Å².